The first kappa shape index (κ1) is 16.1. The van der Waals surface area contributed by atoms with Crippen LogP contribution in [0.5, 0.6) is 0 Å². The quantitative estimate of drug-likeness (QED) is 0.852. The van der Waals surface area contributed by atoms with E-state index in [1.807, 2.05) is 10.9 Å². The van der Waals surface area contributed by atoms with E-state index in [9.17, 15) is 4.79 Å². The minimum Gasteiger partial charge on any atom is -0.338 e. The normalized spacial score (nSPS) is 24.5. The predicted molar refractivity (Wildman–Crippen MR) is 94.2 cm³/mol. The zero-order valence-electron chi connectivity index (χ0n) is 15.1. The predicted octanol–water partition coefficient (Wildman–Crippen LogP) is 2.87. The Morgan fingerprint density at radius 3 is 2.46 bits per heavy atom. The summed E-state index contributed by atoms with van der Waals surface area (Å²) in [6.07, 6.45) is 9.21. The van der Waals surface area contributed by atoms with E-state index in [-0.39, 0.29) is 5.91 Å². The first-order valence-electron chi connectivity index (χ1n) is 9.72. The number of aryl methyl sites for hydroxylation is 1. The van der Waals surface area contributed by atoms with Crippen LogP contribution in [0.1, 0.15) is 74.3 Å². The molecule has 5 nitrogen and oxygen atoms in total. The number of nitrogens with zero attached hydrogens (tertiary/aromatic N) is 4. The van der Waals surface area contributed by atoms with Crippen molar-refractivity contribution in [1.82, 2.24) is 19.6 Å². The molecule has 0 spiro atoms. The van der Waals surface area contributed by atoms with Gasteiger partial charge in [-0.15, -0.1) is 0 Å². The molecule has 24 heavy (non-hydrogen) atoms. The van der Waals surface area contributed by atoms with Crippen LogP contribution >= 0.6 is 0 Å². The lowest BCUT2D eigenvalue weighted by molar-refractivity contribution is 0.0405. The maximum Gasteiger partial charge on any atom is 0.257 e. The van der Waals surface area contributed by atoms with E-state index in [1.54, 1.807) is 0 Å². The molecule has 0 bridgehead atoms. The van der Waals surface area contributed by atoms with Crippen LogP contribution < -0.4 is 0 Å². The minimum absolute atomic E-state index is 0.208. The van der Waals surface area contributed by atoms with Crippen LogP contribution in [0.25, 0.3) is 0 Å². The number of hydrogen-bond donors (Lipinski definition) is 0. The zero-order valence-corrected chi connectivity index (χ0v) is 15.1. The van der Waals surface area contributed by atoms with Gasteiger partial charge in [0.2, 0.25) is 0 Å². The van der Waals surface area contributed by atoms with Crippen molar-refractivity contribution in [1.29, 1.82) is 0 Å². The van der Waals surface area contributed by atoms with E-state index in [2.05, 4.69) is 28.7 Å². The molecule has 1 amide bonds. The van der Waals surface area contributed by atoms with Gasteiger partial charge in [0.25, 0.3) is 5.91 Å². The Balaban J connectivity index is 1.45. The van der Waals surface area contributed by atoms with Crippen LogP contribution in [0.15, 0.2) is 6.20 Å². The molecular weight excluding hydrogens is 300 g/mol. The first-order chi connectivity index (χ1) is 11.6. The fourth-order valence-corrected chi connectivity index (χ4v) is 4.36. The van der Waals surface area contributed by atoms with Gasteiger partial charge in [0.05, 0.1) is 11.3 Å². The highest BCUT2D eigenvalue weighted by Crippen LogP contribution is 2.41. The number of hydrogen-bond acceptors (Lipinski definition) is 3. The number of piperidine rings is 1. The third-order valence-corrected chi connectivity index (χ3v) is 6.31. The molecule has 0 atom stereocenters. The van der Waals surface area contributed by atoms with Gasteiger partial charge < -0.3 is 4.90 Å². The molecule has 0 radical (unpaired) electrons. The maximum absolute atomic E-state index is 13.1. The Kier molecular flexibility index (Phi) is 4.15. The van der Waals surface area contributed by atoms with Gasteiger partial charge in [0, 0.05) is 37.3 Å². The van der Waals surface area contributed by atoms with Crippen LogP contribution in [0.3, 0.4) is 0 Å². The van der Waals surface area contributed by atoms with Crippen LogP contribution in [0.2, 0.25) is 0 Å². The van der Waals surface area contributed by atoms with Crippen molar-refractivity contribution in [2.45, 2.75) is 70.4 Å². The zero-order chi connectivity index (χ0) is 16.7. The fourth-order valence-electron chi connectivity index (χ4n) is 4.36. The lowest BCUT2D eigenvalue weighted by atomic mass is 9.87. The lowest BCUT2D eigenvalue weighted by Crippen LogP contribution is -2.53. The van der Waals surface area contributed by atoms with Gasteiger partial charge in [-0.25, -0.2) is 0 Å². The number of carbonyl (C=O) groups is 1. The smallest absolute Gasteiger partial charge is 0.257 e. The van der Waals surface area contributed by atoms with E-state index < -0.39 is 0 Å². The number of amides is 1. The monoisotopic (exact) mass is 330 g/mol. The van der Waals surface area contributed by atoms with Gasteiger partial charge in [0.15, 0.2) is 0 Å². The van der Waals surface area contributed by atoms with Crippen LogP contribution in [-0.4, -0.2) is 57.2 Å². The summed E-state index contributed by atoms with van der Waals surface area (Å²) in [5.74, 6) is 0.733. The second-order valence-corrected chi connectivity index (χ2v) is 8.04. The summed E-state index contributed by atoms with van der Waals surface area (Å²) in [7, 11) is 0. The summed E-state index contributed by atoms with van der Waals surface area (Å²) in [6, 6.07) is 0. The van der Waals surface area contributed by atoms with Crippen molar-refractivity contribution >= 4 is 5.91 Å². The molecule has 1 aromatic heterocycles. The summed E-state index contributed by atoms with van der Waals surface area (Å²) < 4.78 is 1.93. The molecule has 1 aliphatic carbocycles. The van der Waals surface area contributed by atoms with E-state index in [0.29, 0.717) is 11.5 Å². The van der Waals surface area contributed by atoms with Crippen molar-refractivity contribution in [3.63, 3.8) is 0 Å². The topological polar surface area (TPSA) is 41.4 Å². The van der Waals surface area contributed by atoms with Crippen LogP contribution in [0.4, 0.5) is 0 Å². The summed E-state index contributed by atoms with van der Waals surface area (Å²) in [6.45, 7) is 9.55. The van der Waals surface area contributed by atoms with Gasteiger partial charge in [-0.05, 0) is 65.5 Å². The number of aromatic nitrogens is 2. The molecule has 3 heterocycles. The van der Waals surface area contributed by atoms with Gasteiger partial charge in [-0.1, -0.05) is 0 Å². The average molecular weight is 330 g/mol. The SMILES string of the molecule is CCn1cc(C(=O)N2CCC(C)(N3CCCC3)CC2)c(C2CC2)n1. The molecule has 2 aliphatic heterocycles. The highest BCUT2D eigenvalue weighted by atomic mass is 16.2. The van der Waals surface area contributed by atoms with Gasteiger partial charge in [-0.3, -0.25) is 14.4 Å². The molecule has 3 aliphatic rings. The largest absolute Gasteiger partial charge is 0.338 e. The summed E-state index contributed by atoms with van der Waals surface area (Å²) in [5.41, 5.74) is 2.21. The molecule has 1 aromatic rings. The second kappa shape index (κ2) is 6.17. The summed E-state index contributed by atoms with van der Waals surface area (Å²) in [5, 5.41) is 4.66. The third-order valence-electron chi connectivity index (χ3n) is 6.31. The van der Waals surface area contributed by atoms with Crippen molar-refractivity contribution in [2.75, 3.05) is 26.2 Å². The molecule has 1 saturated carbocycles. The summed E-state index contributed by atoms with van der Waals surface area (Å²) in [4.78, 5) is 17.8. The van der Waals surface area contributed by atoms with Crippen molar-refractivity contribution in [3.05, 3.63) is 17.5 Å². The van der Waals surface area contributed by atoms with E-state index in [1.165, 1.54) is 38.8 Å². The molecular formula is C19H30N4O. The Hall–Kier alpha value is -1.36. The van der Waals surface area contributed by atoms with Gasteiger partial charge >= 0.3 is 0 Å². The van der Waals surface area contributed by atoms with E-state index >= 15 is 0 Å². The van der Waals surface area contributed by atoms with Crippen LogP contribution in [0, 0.1) is 0 Å². The Morgan fingerprint density at radius 1 is 1.21 bits per heavy atom. The molecule has 0 N–H and O–H groups in total. The van der Waals surface area contributed by atoms with Gasteiger partial charge in [-0.2, -0.15) is 5.10 Å². The van der Waals surface area contributed by atoms with Crippen molar-refractivity contribution in [2.24, 2.45) is 0 Å². The Morgan fingerprint density at radius 2 is 1.88 bits per heavy atom. The van der Waals surface area contributed by atoms with Crippen molar-refractivity contribution in [3.8, 4) is 0 Å². The molecule has 0 aromatic carbocycles. The standard InChI is InChI=1S/C19H30N4O/c1-3-23-14-16(17(20-23)15-6-7-15)18(24)21-12-8-19(2,9-13-21)22-10-4-5-11-22/h14-15H,3-13H2,1-2H3. The Bertz CT molecular complexity index is 605. The molecule has 4 rings (SSSR count). The van der Waals surface area contributed by atoms with E-state index in [4.69, 9.17) is 0 Å². The third kappa shape index (κ3) is 2.87. The maximum atomic E-state index is 13.1. The first-order valence-corrected chi connectivity index (χ1v) is 9.72. The molecule has 3 fully saturated rings. The van der Waals surface area contributed by atoms with Crippen LogP contribution in [-0.2, 0) is 6.54 Å². The number of rotatable bonds is 4. The van der Waals surface area contributed by atoms with Crippen molar-refractivity contribution < 1.29 is 4.79 Å². The summed E-state index contributed by atoms with van der Waals surface area (Å²) >= 11 is 0. The lowest BCUT2D eigenvalue weighted by Gasteiger charge is -2.45. The minimum atomic E-state index is 0.208. The number of carbonyl (C=O) groups excluding carboxylic acids is 1. The molecule has 132 valence electrons. The highest BCUT2D eigenvalue weighted by Gasteiger charge is 2.39. The molecule has 5 heteroatoms. The van der Waals surface area contributed by atoms with Gasteiger partial charge in [0.1, 0.15) is 0 Å². The second-order valence-electron chi connectivity index (χ2n) is 8.04. The number of likely N-dealkylation sites (tertiary alicyclic amines) is 2. The highest BCUT2D eigenvalue weighted by molar-refractivity contribution is 5.95. The molecule has 0 unspecified atom stereocenters. The Labute approximate surface area is 145 Å². The fraction of sp³-hybridized carbons (Fsp3) is 0.789. The molecule has 2 saturated heterocycles. The van der Waals surface area contributed by atoms with E-state index in [0.717, 1.165) is 43.7 Å². The average Bonchev–Trinajstić information content (AvgIpc) is 3.13.